The Bertz CT molecular complexity index is 697. The van der Waals surface area contributed by atoms with Crippen LogP contribution in [-0.4, -0.2) is 0 Å². The first kappa shape index (κ1) is 11.0. The van der Waals surface area contributed by atoms with Crippen LogP contribution in [0.3, 0.4) is 0 Å². The van der Waals surface area contributed by atoms with Gasteiger partial charge in [-0.3, -0.25) is 0 Å². The molecule has 0 aliphatic carbocycles. The molecule has 0 aliphatic rings. The average molecular weight is 240 g/mol. The maximum Gasteiger partial charge on any atom is 0.131 e. The minimum atomic E-state index is -0.176. The highest BCUT2D eigenvalue weighted by molar-refractivity contribution is 5.86. The maximum atomic E-state index is 13.7. The summed E-state index contributed by atoms with van der Waals surface area (Å²) >= 11 is 0. The van der Waals surface area contributed by atoms with Crippen LogP contribution >= 0.6 is 0 Å². The molecular weight excluding hydrogens is 227 g/mol. The van der Waals surface area contributed by atoms with Crippen molar-refractivity contribution in [2.24, 2.45) is 0 Å². The maximum absolute atomic E-state index is 13.7. The number of furan rings is 1. The SMILES string of the molecule is Cc1ccc(Cc2ccc(F)c3ccccc23)o1. The number of hydrogen-bond donors (Lipinski definition) is 0. The van der Waals surface area contributed by atoms with Gasteiger partial charge in [0.25, 0.3) is 0 Å². The van der Waals surface area contributed by atoms with Gasteiger partial charge in [-0.05, 0) is 36.1 Å². The summed E-state index contributed by atoms with van der Waals surface area (Å²) in [5, 5.41) is 1.62. The van der Waals surface area contributed by atoms with Crippen molar-refractivity contribution in [2.45, 2.75) is 13.3 Å². The minimum absolute atomic E-state index is 0.176. The number of rotatable bonds is 2. The van der Waals surface area contributed by atoms with Crippen LogP contribution in [0.4, 0.5) is 4.39 Å². The second-order valence-corrected chi connectivity index (χ2v) is 4.44. The van der Waals surface area contributed by atoms with Crippen LogP contribution in [0.25, 0.3) is 10.8 Å². The van der Waals surface area contributed by atoms with E-state index in [1.807, 2.05) is 49.4 Å². The molecule has 0 saturated carbocycles. The molecule has 90 valence electrons. The summed E-state index contributed by atoms with van der Waals surface area (Å²) in [6.07, 6.45) is 0.689. The number of hydrogen-bond acceptors (Lipinski definition) is 1. The highest BCUT2D eigenvalue weighted by Crippen LogP contribution is 2.24. The topological polar surface area (TPSA) is 13.1 Å². The van der Waals surface area contributed by atoms with Gasteiger partial charge in [-0.1, -0.05) is 30.3 Å². The van der Waals surface area contributed by atoms with Gasteiger partial charge in [0.2, 0.25) is 0 Å². The monoisotopic (exact) mass is 240 g/mol. The van der Waals surface area contributed by atoms with E-state index < -0.39 is 0 Å². The van der Waals surface area contributed by atoms with Crippen LogP contribution < -0.4 is 0 Å². The lowest BCUT2D eigenvalue weighted by Gasteiger charge is -2.06. The molecule has 18 heavy (non-hydrogen) atoms. The van der Waals surface area contributed by atoms with Crippen LogP contribution in [0.15, 0.2) is 52.9 Å². The minimum Gasteiger partial charge on any atom is -0.466 e. The number of halogens is 1. The summed E-state index contributed by atoms with van der Waals surface area (Å²) in [6.45, 7) is 1.92. The Morgan fingerprint density at radius 1 is 0.944 bits per heavy atom. The van der Waals surface area contributed by atoms with Crippen molar-refractivity contribution in [2.75, 3.05) is 0 Å². The molecule has 0 aliphatic heterocycles. The van der Waals surface area contributed by atoms with E-state index in [9.17, 15) is 4.39 Å². The molecule has 3 aromatic rings. The first-order chi connectivity index (χ1) is 8.74. The van der Waals surface area contributed by atoms with Crippen molar-refractivity contribution < 1.29 is 8.81 Å². The van der Waals surface area contributed by atoms with E-state index in [1.165, 1.54) is 6.07 Å². The quantitative estimate of drug-likeness (QED) is 0.644. The van der Waals surface area contributed by atoms with Crippen LogP contribution in [0.1, 0.15) is 17.1 Å². The van der Waals surface area contributed by atoms with Crippen LogP contribution in [0.5, 0.6) is 0 Å². The van der Waals surface area contributed by atoms with Crippen molar-refractivity contribution >= 4 is 10.8 Å². The molecule has 1 aromatic heterocycles. The third kappa shape index (κ3) is 1.90. The van der Waals surface area contributed by atoms with E-state index >= 15 is 0 Å². The molecule has 1 nitrogen and oxygen atoms in total. The predicted molar refractivity (Wildman–Crippen MR) is 70.2 cm³/mol. The molecule has 2 aromatic carbocycles. The number of aryl methyl sites for hydroxylation is 1. The van der Waals surface area contributed by atoms with E-state index in [0.717, 1.165) is 22.5 Å². The second kappa shape index (κ2) is 4.30. The molecule has 0 bridgehead atoms. The molecule has 0 saturated heterocycles. The molecule has 0 unspecified atom stereocenters. The fraction of sp³-hybridized carbons (Fsp3) is 0.125. The Morgan fingerprint density at radius 2 is 1.72 bits per heavy atom. The standard InChI is InChI=1S/C16H13FO/c1-11-6-8-13(18-11)10-12-7-9-16(17)15-5-3-2-4-14(12)15/h2-9H,10H2,1H3. The lowest BCUT2D eigenvalue weighted by molar-refractivity contribution is 0.493. The summed E-state index contributed by atoms with van der Waals surface area (Å²) in [5.74, 6) is 1.63. The molecule has 0 spiro atoms. The lowest BCUT2D eigenvalue weighted by atomic mass is 10.0. The van der Waals surface area contributed by atoms with Gasteiger partial charge in [0.05, 0.1) is 0 Å². The van der Waals surface area contributed by atoms with Gasteiger partial charge in [-0.15, -0.1) is 0 Å². The zero-order valence-electron chi connectivity index (χ0n) is 10.1. The highest BCUT2D eigenvalue weighted by atomic mass is 19.1. The van der Waals surface area contributed by atoms with Crippen molar-refractivity contribution in [3.8, 4) is 0 Å². The number of benzene rings is 2. The van der Waals surface area contributed by atoms with Gasteiger partial charge < -0.3 is 4.42 Å². The van der Waals surface area contributed by atoms with Crippen molar-refractivity contribution in [3.05, 3.63) is 71.4 Å². The van der Waals surface area contributed by atoms with Crippen LogP contribution in [0.2, 0.25) is 0 Å². The first-order valence-corrected chi connectivity index (χ1v) is 5.95. The van der Waals surface area contributed by atoms with Gasteiger partial charge in [0, 0.05) is 11.8 Å². The molecule has 0 radical (unpaired) electrons. The predicted octanol–water partition coefficient (Wildman–Crippen LogP) is 4.47. The molecule has 3 rings (SSSR count). The second-order valence-electron chi connectivity index (χ2n) is 4.44. The molecule has 2 heteroatoms. The van der Waals surface area contributed by atoms with E-state index in [2.05, 4.69) is 0 Å². The third-order valence-corrected chi connectivity index (χ3v) is 3.12. The molecule has 0 fully saturated rings. The van der Waals surface area contributed by atoms with Gasteiger partial charge in [0.15, 0.2) is 0 Å². The van der Waals surface area contributed by atoms with E-state index in [1.54, 1.807) is 0 Å². The van der Waals surface area contributed by atoms with E-state index in [0.29, 0.717) is 11.8 Å². The summed E-state index contributed by atoms with van der Waals surface area (Å²) in [6, 6.07) is 14.8. The first-order valence-electron chi connectivity index (χ1n) is 5.95. The van der Waals surface area contributed by atoms with E-state index in [4.69, 9.17) is 4.42 Å². The van der Waals surface area contributed by atoms with Crippen molar-refractivity contribution in [1.82, 2.24) is 0 Å². The summed E-state index contributed by atoms with van der Waals surface area (Å²) in [5.41, 5.74) is 1.08. The Labute approximate surface area is 105 Å². The van der Waals surface area contributed by atoms with Gasteiger partial charge in [-0.2, -0.15) is 0 Å². The molecule has 0 atom stereocenters. The van der Waals surface area contributed by atoms with Gasteiger partial charge in [-0.25, -0.2) is 4.39 Å². The molecule has 0 N–H and O–H groups in total. The summed E-state index contributed by atoms with van der Waals surface area (Å²) < 4.78 is 19.3. The van der Waals surface area contributed by atoms with Crippen LogP contribution in [0, 0.1) is 12.7 Å². The Morgan fingerprint density at radius 3 is 2.44 bits per heavy atom. The zero-order valence-corrected chi connectivity index (χ0v) is 10.1. The lowest BCUT2D eigenvalue weighted by Crippen LogP contribution is -1.90. The average Bonchev–Trinajstić information content (AvgIpc) is 2.79. The van der Waals surface area contributed by atoms with Gasteiger partial charge in [0.1, 0.15) is 17.3 Å². The summed E-state index contributed by atoms with van der Waals surface area (Å²) in [4.78, 5) is 0. The molecule has 1 heterocycles. The summed E-state index contributed by atoms with van der Waals surface area (Å²) in [7, 11) is 0. The van der Waals surface area contributed by atoms with E-state index in [-0.39, 0.29) is 5.82 Å². The van der Waals surface area contributed by atoms with Crippen molar-refractivity contribution in [1.29, 1.82) is 0 Å². The van der Waals surface area contributed by atoms with Gasteiger partial charge >= 0.3 is 0 Å². The zero-order chi connectivity index (χ0) is 12.5. The normalized spacial score (nSPS) is 11.0. The highest BCUT2D eigenvalue weighted by Gasteiger charge is 2.07. The molecular formula is C16H13FO. The fourth-order valence-electron chi connectivity index (χ4n) is 2.25. The Hall–Kier alpha value is -2.09. The number of fused-ring (bicyclic) bond motifs is 1. The smallest absolute Gasteiger partial charge is 0.131 e. The third-order valence-electron chi connectivity index (χ3n) is 3.12. The largest absolute Gasteiger partial charge is 0.466 e. The Balaban J connectivity index is 2.09. The fourth-order valence-corrected chi connectivity index (χ4v) is 2.25. The Kier molecular flexibility index (Phi) is 2.63. The van der Waals surface area contributed by atoms with Crippen molar-refractivity contribution in [3.63, 3.8) is 0 Å². The van der Waals surface area contributed by atoms with Crippen LogP contribution in [-0.2, 0) is 6.42 Å². The molecule has 0 amide bonds.